The van der Waals surface area contributed by atoms with Crippen LogP contribution in [-0.2, 0) is 16.9 Å². The highest BCUT2D eigenvalue weighted by atomic mass is 32.2. The predicted molar refractivity (Wildman–Crippen MR) is 88.0 cm³/mol. The number of benzene rings is 1. The number of epoxide rings is 1. The van der Waals surface area contributed by atoms with Crippen molar-refractivity contribution in [1.29, 1.82) is 0 Å². The van der Waals surface area contributed by atoms with Crippen LogP contribution in [0.5, 0.6) is 0 Å². The molecule has 23 heavy (non-hydrogen) atoms. The highest BCUT2D eigenvalue weighted by Crippen LogP contribution is 2.59. The topological polar surface area (TPSA) is 43.2 Å². The molecule has 0 saturated carbocycles. The Morgan fingerprint density at radius 2 is 2.22 bits per heavy atom. The van der Waals surface area contributed by atoms with Crippen molar-refractivity contribution in [3.63, 3.8) is 0 Å². The van der Waals surface area contributed by atoms with Crippen LogP contribution in [0, 0.1) is 5.82 Å². The smallest absolute Gasteiger partial charge is 0.185 e. The number of rotatable bonds is 5. The second-order valence-corrected chi connectivity index (χ2v) is 7.01. The molecule has 2 aromatic heterocycles. The van der Waals surface area contributed by atoms with Crippen molar-refractivity contribution in [2.75, 3.05) is 6.26 Å². The third-order valence-corrected chi connectivity index (χ3v) is 5.68. The number of aromatic nitrogens is 3. The molecule has 4 rings (SSSR count). The first kappa shape index (κ1) is 14.9. The van der Waals surface area contributed by atoms with Crippen molar-refractivity contribution >= 4 is 23.1 Å². The van der Waals surface area contributed by atoms with Crippen molar-refractivity contribution in [2.24, 2.45) is 0 Å². The molecule has 1 aromatic carbocycles. The molecule has 3 aromatic rings. The number of ether oxygens (including phenoxy) is 1. The van der Waals surface area contributed by atoms with Crippen molar-refractivity contribution in [3.8, 4) is 0 Å². The Morgan fingerprint density at radius 1 is 1.35 bits per heavy atom. The Labute approximate surface area is 141 Å². The fraction of sp³-hybridized carbons (Fsp3) is 0.250. The molecule has 118 valence electrons. The van der Waals surface area contributed by atoms with Gasteiger partial charge in [0.05, 0.1) is 6.54 Å². The van der Waals surface area contributed by atoms with Crippen LogP contribution in [0.15, 0.2) is 53.3 Å². The average Bonchev–Trinajstić information content (AvgIpc) is 2.97. The molecule has 0 amide bonds. The Bertz CT molecular complexity index is 820. The monoisotopic (exact) mass is 347 g/mol. The zero-order valence-electron chi connectivity index (χ0n) is 12.3. The van der Waals surface area contributed by atoms with Crippen LogP contribution in [-0.4, -0.2) is 21.0 Å². The lowest BCUT2D eigenvalue weighted by molar-refractivity contribution is 0.259. The van der Waals surface area contributed by atoms with Gasteiger partial charge in [0, 0.05) is 10.4 Å². The van der Waals surface area contributed by atoms with Gasteiger partial charge < -0.3 is 4.74 Å². The van der Waals surface area contributed by atoms with Crippen LogP contribution < -0.4 is 0 Å². The van der Waals surface area contributed by atoms with Crippen LogP contribution in [0.3, 0.4) is 0 Å². The Morgan fingerprint density at radius 3 is 2.96 bits per heavy atom. The highest BCUT2D eigenvalue weighted by molar-refractivity contribution is 7.98. The van der Waals surface area contributed by atoms with Gasteiger partial charge in [-0.05, 0) is 23.8 Å². The molecular weight excluding hydrogens is 333 g/mol. The van der Waals surface area contributed by atoms with E-state index < -0.39 is 5.60 Å². The van der Waals surface area contributed by atoms with Crippen molar-refractivity contribution in [1.82, 2.24) is 14.8 Å². The molecule has 1 aliphatic heterocycles. The fourth-order valence-electron chi connectivity index (χ4n) is 2.83. The van der Waals surface area contributed by atoms with Crippen molar-refractivity contribution < 1.29 is 9.13 Å². The molecule has 0 N–H and O–H groups in total. The van der Waals surface area contributed by atoms with Gasteiger partial charge in [0.2, 0.25) is 0 Å². The zero-order valence-corrected chi connectivity index (χ0v) is 14.0. The maximum Gasteiger partial charge on any atom is 0.185 e. The van der Waals surface area contributed by atoms with E-state index in [9.17, 15) is 4.39 Å². The minimum Gasteiger partial charge on any atom is -0.353 e. The number of nitrogens with zero attached hydrogens (tertiary/aromatic N) is 3. The second kappa shape index (κ2) is 5.74. The quantitative estimate of drug-likeness (QED) is 0.519. The summed E-state index contributed by atoms with van der Waals surface area (Å²) in [5.74, 6) is -0.236. The van der Waals surface area contributed by atoms with E-state index in [1.807, 2.05) is 34.5 Å². The molecule has 1 fully saturated rings. The first-order valence-electron chi connectivity index (χ1n) is 7.12. The van der Waals surface area contributed by atoms with E-state index in [2.05, 4.69) is 10.1 Å². The maximum atomic E-state index is 14.2. The maximum absolute atomic E-state index is 14.2. The largest absolute Gasteiger partial charge is 0.353 e. The predicted octanol–water partition coefficient (Wildman–Crippen LogP) is 3.87. The van der Waals surface area contributed by atoms with Crippen LogP contribution >= 0.6 is 23.1 Å². The number of halogens is 1. The van der Waals surface area contributed by atoms with Crippen molar-refractivity contribution in [2.45, 2.75) is 23.4 Å². The van der Waals surface area contributed by atoms with Gasteiger partial charge in [-0.2, -0.15) is 5.10 Å². The van der Waals surface area contributed by atoms with Crippen LogP contribution in [0.4, 0.5) is 4.39 Å². The highest BCUT2D eigenvalue weighted by Gasteiger charge is 2.60. The van der Waals surface area contributed by atoms with E-state index in [1.54, 1.807) is 23.5 Å². The SMILES string of the molecule is CSc1ncnn1C[C@]1(c2cccs2)O[C@@H]1c1ccccc1F. The molecule has 7 heteroatoms. The summed E-state index contributed by atoms with van der Waals surface area (Å²) in [6, 6.07) is 10.8. The first-order chi connectivity index (χ1) is 11.2. The number of hydrogen-bond donors (Lipinski definition) is 0. The van der Waals surface area contributed by atoms with E-state index in [1.165, 1.54) is 24.2 Å². The summed E-state index contributed by atoms with van der Waals surface area (Å²) in [7, 11) is 0. The number of thiophene rings is 1. The molecule has 0 bridgehead atoms. The zero-order chi connectivity index (χ0) is 15.9. The molecule has 1 aliphatic rings. The minimum atomic E-state index is -0.575. The lowest BCUT2D eigenvalue weighted by atomic mass is 9.97. The van der Waals surface area contributed by atoms with E-state index >= 15 is 0 Å². The van der Waals surface area contributed by atoms with E-state index in [0.29, 0.717) is 12.1 Å². The minimum absolute atomic E-state index is 0.236. The summed E-state index contributed by atoms with van der Waals surface area (Å²) in [4.78, 5) is 5.31. The molecular formula is C16H14FN3OS2. The molecule has 0 unspecified atom stereocenters. The van der Waals surface area contributed by atoms with Gasteiger partial charge in [-0.25, -0.2) is 14.1 Å². The number of hydrogen-bond acceptors (Lipinski definition) is 5. The molecule has 0 spiro atoms. The molecule has 0 radical (unpaired) electrons. The van der Waals surface area contributed by atoms with Gasteiger partial charge in [-0.3, -0.25) is 0 Å². The average molecular weight is 347 g/mol. The number of thioether (sulfide) groups is 1. The molecule has 4 nitrogen and oxygen atoms in total. The van der Waals surface area contributed by atoms with E-state index in [4.69, 9.17) is 4.74 Å². The lowest BCUT2D eigenvalue weighted by Gasteiger charge is -2.13. The van der Waals surface area contributed by atoms with Gasteiger partial charge in [0.25, 0.3) is 0 Å². The summed E-state index contributed by atoms with van der Waals surface area (Å²) >= 11 is 3.15. The molecule has 3 heterocycles. The normalized spacial score (nSPS) is 23.1. The second-order valence-electron chi connectivity index (χ2n) is 5.29. The summed E-state index contributed by atoms with van der Waals surface area (Å²) in [6.07, 6.45) is 3.19. The van der Waals surface area contributed by atoms with Crippen molar-refractivity contribution in [3.05, 3.63) is 64.4 Å². The third kappa shape index (κ3) is 2.49. The van der Waals surface area contributed by atoms with Gasteiger partial charge in [0.15, 0.2) is 10.8 Å². The van der Waals surface area contributed by atoms with Crippen LogP contribution in [0.25, 0.3) is 0 Å². The summed E-state index contributed by atoms with van der Waals surface area (Å²) in [6.45, 7) is 0.517. The van der Waals surface area contributed by atoms with E-state index in [-0.39, 0.29) is 11.9 Å². The van der Waals surface area contributed by atoms with Gasteiger partial charge in [0.1, 0.15) is 18.2 Å². The van der Waals surface area contributed by atoms with Gasteiger partial charge in [-0.15, -0.1) is 11.3 Å². The summed E-state index contributed by atoms with van der Waals surface area (Å²) in [5, 5.41) is 7.12. The van der Waals surface area contributed by atoms with Crippen LogP contribution in [0.2, 0.25) is 0 Å². The van der Waals surface area contributed by atoms with Gasteiger partial charge >= 0.3 is 0 Å². The fourth-order valence-corrected chi connectivity index (χ4v) is 4.18. The van der Waals surface area contributed by atoms with Crippen LogP contribution in [0.1, 0.15) is 16.5 Å². The Balaban J connectivity index is 1.72. The third-order valence-electron chi connectivity index (χ3n) is 3.97. The first-order valence-corrected chi connectivity index (χ1v) is 9.23. The summed E-state index contributed by atoms with van der Waals surface area (Å²) in [5.41, 5.74) is 0.0147. The molecule has 2 atom stereocenters. The summed E-state index contributed by atoms with van der Waals surface area (Å²) < 4.78 is 22.1. The Hall–Kier alpha value is -1.70. The molecule has 0 aliphatic carbocycles. The standard InChI is InChI=1S/C16H14FN3OS2/c1-22-15-18-10-19-20(15)9-16(13-7-4-8-23-13)14(21-16)11-5-2-3-6-12(11)17/h2-8,10,14H,9H2,1H3/t14-,16-/m1/s1. The molecule has 1 saturated heterocycles. The van der Waals surface area contributed by atoms with Gasteiger partial charge in [-0.1, -0.05) is 36.0 Å². The van der Waals surface area contributed by atoms with E-state index in [0.717, 1.165) is 10.0 Å². The lowest BCUT2D eigenvalue weighted by Crippen LogP contribution is -2.19. The Kier molecular flexibility index (Phi) is 3.71.